The lowest BCUT2D eigenvalue weighted by Crippen LogP contribution is -1.94. The molecule has 0 bridgehead atoms. The van der Waals surface area contributed by atoms with Crippen LogP contribution in [0.1, 0.15) is 175 Å². The Morgan fingerprint density at radius 1 is 0.400 bits per heavy atom. The van der Waals surface area contributed by atoms with Crippen LogP contribution in [0, 0.1) is 5.92 Å². The molecular weight excluding hydrogens is 360 g/mol. The molecule has 0 aromatic heterocycles. The molecule has 0 saturated carbocycles. The van der Waals surface area contributed by atoms with Crippen molar-refractivity contribution in [1.82, 2.24) is 0 Å². The van der Waals surface area contributed by atoms with Crippen molar-refractivity contribution in [3.63, 3.8) is 0 Å². The molecule has 0 rings (SSSR count). The SMILES string of the molecule is CCCCCCCC/C=C/CCCCCCCCCCCCCC(C)CCCCC. The van der Waals surface area contributed by atoms with E-state index in [1.807, 2.05) is 0 Å². The van der Waals surface area contributed by atoms with E-state index in [1.165, 1.54) is 154 Å². The summed E-state index contributed by atoms with van der Waals surface area (Å²) in [5.41, 5.74) is 0. The van der Waals surface area contributed by atoms with E-state index in [4.69, 9.17) is 0 Å². The summed E-state index contributed by atoms with van der Waals surface area (Å²) >= 11 is 0. The van der Waals surface area contributed by atoms with Crippen molar-refractivity contribution in [2.45, 2.75) is 175 Å². The standard InChI is InChI=1S/C30H60/c1-4-6-8-9-10-11-12-13-14-15-16-17-18-19-20-21-22-23-24-25-27-29-30(3)28-26-7-5-2/h13-14,30H,4-12,15-29H2,1-3H3/b14-13+. The number of hydrogen-bond acceptors (Lipinski definition) is 0. The first-order chi connectivity index (χ1) is 14.8. The van der Waals surface area contributed by atoms with Gasteiger partial charge < -0.3 is 0 Å². The highest BCUT2D eigenvalue weighted by Gasteiger charge is 2.01. The summed E-state index contributed by atoms with van der Waals surface area (Å²) in [6.07, 6.45) is 39.3. The first-order valence-electron chi connectivity index (χ1n) is 14.5. The van der Waals surface area contributed by atoms with E-state index in [1.54, 1.807) is 0 Å². The molecule has 0 aromatic rings. The first-order valence-corrected chi connectivity index (χ1v) is 14.5. The van der Waals surface area contributed by atoms with Crippen LogP contribution in [-0.4, -0.2) is 0 Å². The molecule has 30 heavy (non-hydrogen) atoms. The van der Waals surface area contributed by atoms with E-state index in [0.29, 0.717) is 0 Å². The van der Waals surface area contributed by atoms with Crippen molar-refractivity contribution >= 4 is 0 Å². The van der Waals surface area contributed by atoms with Crippen LogP contribution in [0.15, 0.2) is 12.2 Å². The molecule has 180 valence electrons. The molecule has 0 N–H and O–H groups in total. The number of hydrogen-bond donors (Lipinski definition) is 0. The number of rotatable bonds is 25. The molecule has 0 saturated heterocycles. The molecule has 1 unspecified atom stereocenters. The zero-order chi connectivity index (χ0) is 22.0. The Balaban J connectivity index is 3.12. The highest BCUT2D eigenvalue weighted by atomic mass is 14.1. The fourth-order valence-electron chi connectivity index (χ4n) is 4.51. The Morgan fingerprint density at radius 2 is 0.700 bits per heavy atom. The van der Waals surface area contributed by atoms with Crippen molar-refractivity contribution < 1.29 is 0 Å². The minimum Gasteiger partial charge on any atom is -0.0885 e. The number of unbranched alkanes of at least 4 members (excludes halogenated alkanes) is 19. The third kappa shape index (κ3) is 25.8. The summed E-state index contributed by atoms with van der Waals surface area (Å²) in [6.45, 7) is 7.06. The largest absolute Gasteiger partial charge is 0.0885 e. The van der Waals surface area contributed by atoms with Crippen LogP contribution in [0.25, 0.3) is 0 Å². The quantitative estimate of drug-likeness (QED) is 0.102. The third-order valence-electron chi connectivity index (χ3n) is 6.76. The van der Waals surface area contributed by atoms with Crippen LogP contribution < -0.4 is 0 Å². The van der Waals surface area contributed by atoms with Gasteiger partial charge in [0.2, 0.25) is 0 Å². The van der Waals surface area contributed by atoms with Crippen molar-refractivity contribution in [3.8, 4) is 0 Å². The van der Waals surface area contributed by atoms with Gasteiger partial charge in [0.05, 0.1) is 0 Å². The highest BCUT2D eigenvalue weighted by Crippen LogP contribution is 2.18. The van der Waals surface area contributed by atoms with Gasteiger partial charge in [0, 0.05) is 0 Å². The fourth-order valence-corrected chi connectivity index (χ4v) is 4.51. The van der Waals surface area contributed by atoms with Crippen LogP contribution in [0.5, 0.6) is 0 Å². The molecule has 0 aliphatic rings. The molecule has 0 heterocycles. The van der Waals surface area contributed by atoms with Crippen LogP contribution in [-0.2, 0) is 0 Å². The van der Waals surface area contributed by atoms with Crippen molar-refractivity contribution in [2.24, 2.45) is 5.92 Å². The maximum atomic E-state index is 2.46. The van der Waals surface area contributed by atoms with Crippen LogP contribution in [0.3, 0.4) is 0 Å². The summed E-state index contributed by atoms with van der Waals surface area (Å²) in [5, 5.41) is 0. The van der Waals surface area contributed by atoms with E-state index in [9.17, 15) is 0 Å². The van der Waals surface area contributed by atoms with E-state index < -0.39 is 0 Å². The second kappa shape index (κ2) is 26.8. The minimum absolute atomic E-state index is 0.965. The van der Waals surface area contributed by atoms with Crippen molar-refractivity contribution in [3.05, 3.63) is 12.2 Å². The summed E-state index contributed by atoms with van der Waals surface area (Å²) in [6, 6.07) is 0. The Kier molecular flexibility index (Phi) is 26.5. The Hall–Kier alpha value is -0.260. The first kappa shape index (κ1) is 29.7. The molecule has 0 aliphatic heterocycles. The molecular formula is C30H60. The molecule has 0 nitrogen and oxygen atoms in total. The summed E-state index contributed by atoms with van der Waals surface area (Å²) in [7, 11) is 0. The minimum atomic E-state index is 0.965. The molecule has 0 heteroatoms. The lowest BCUT2D eigenvalue weighted by molar-refractivity contribution is 0.435. The average Bonchev–Trinajstić information content (AvgIpc) is 2.75. The topological polar surface area (TPSA) is 0 Å². The Bertz CT molecular complexity index is 316. The van der Waals surface area contributed by atoms with Gasteiger partial charge in [0.1, 0.15) is 0 Å². The van der Waals surface area contributed by atoms with E-state index >= 15 is 0 Å². The molecule has 0 aliphatic carbocycles. The zero-order valence-corrected chi connectivity index (χ0v) is 21.7. The Labute approximate surface area is 193 Å². The van der Waals surface area contributed by atoms with Crippen molar-refractivity contribution in [2.75, 3.05) is 0 Å². The summed E-state index contributed by atoms with van der Waals surface area (Å²) in [4.78, 5) is 0. The molecule has 0 amide bonds. The highest BCUT2D eigenvalue weighted by molar-refractivity contribution is 4.81. The summed E-state index contributed by atoms with van der Waals surface area (Å²) < 4.78 is 0. The second-order valence-electron chi connectivity index (χ2n) is 10.1. The van der Waals surface area contributed by atoms with Gasteiger partial charge in [-0.25, -0.2) is 0 Å². The van der Waals surface area contributed by atoms with E-state index in [0.717, 1.165) is 5.92 Å². The monoisotopic (exact) mass is 420 g/mol. The molecule has 0 fully saturated rings. The van der Waals surface area contributed by atoms with Gasteiger partial charge in [0.15, 0.2) is 0 Å². The molecule has 0 aromatic carbocycles. The molecule has 0 spiro atoms. The smallest absolute Gasteiger partial charge is 0.0351 e. The molecule has 0 radical (unpaired) electrons. The second-order valence-corrected chi connectivity index (χ2v) is 10.1. The number of allylic oxidation sites excluding steroid dienone is 2. The van der Waals surface area contributed by atoms with Gasteiger partial charge in [-0.05, 0) is 31.6 Å². The average molecular weight is 421 g/mol. The predicted octanol–water partition coefficient (Wildman–Crippen LogP) is 11.6. The van der Waals surface area contributed by atoms with Gasteiger partial charge in [-0.2, -0.15) is 0 Å². The van der Waals surface area contributed by atoms with Crippen LogP contribution in [0.4, 0.5) is 0 Å². The maximum Gasteiger partial charge on any atom is -0.0351 e. The van der Waals surface area contributed by atoms with Gasteiger partial charge in [-0.1, -0.05) is 161 Å². The van der Waals surface area contributed by atoms with E-state index in [-0.39, 0.29) is 0 Å². The van der Waals surface area contributed by atoms with Gasteiger partial charge in [-0.3, -0.25) is 0 Å². The molecule has 1 atom stereocenters. The van der Waals surface area contributed by atoms with Crippen LogP contribution >= 0.6 is 0 Å². The van der Waals surface area contributed by atoms with Crippen LogP contribution in [0.2, 0.25) is 0 Å². The summed E-state index contributed by atoms with van der Waals surface area (Å²) in [5.74, 6) is 0.965. The predicted molar refractivity (Wildman–Crippen MR) is 140 cm³/mol. The van der Waals surface area contributed by atoms with Gasteiger partial charge >= 0.3 is 0 Å². The maximum absolute atomic E-state index is 2.46. The third-order valence-corrected chi connectivity index (χ3v) is 6.76. The Morgan fingerprint density at radius 3 is 1.13 bits per heavy atom. The zero-order valence-electron chi connectivity index (χ0n) is 21.7. The normalized spacial score (nSPS) is 12.8. The van der Waals surface area contributed by atoms with Gasteiger partial charge in [0.25, 0.3) is 0 Å². The lowest BCUT2D eigenvalue weighted by atomic mass is 9.96. The van der Waals surface area contributed by atoms with Crippen molar-refractivity contribution in [1.29, 1.82) is 0 Å². The van der Waals surface area contributed by atoms with Gasteiger partial charge in [-0.15, -0.1) is 0 Å². The fraction of sp³-hybridized carbons (Fsp3) is 0.933. The van der Waals surface area contributed by atoms with E-state index in [2.05, 4.69) is 32.9 Å². The lowest BCUT2D eigenvalue weighted by Gasteiger charge is -2.10.